The van der Waals surface area contributed by atoms with Crippen LogP contribution in [0.25, 0.3) is 0 Å². The molecular formula is C18H23ClN4O2. The Bertz CT molecular complexity index is 763. The zero-order valence-corrected chi connectivity index (χ0v) is 15.0. The van der Waals surface area contributed by atoms with Crippen LogP contribution in [-0.2, 0) is 6.54 Å². The third-order valence-electron chi connectivity index (χ3n) is 4.35. The Hall–Kier alpha value is -2.18. The van der Waals surface area contributed by atoms with Gasteiger partial charge in [-0.15, -0.1) is 12.4 Å². The number of aromatic nitrogens is 2. The van der Waals surface area contributed by atoms with Gasteiger partial charge >= 0.3 is 0 Å². The van der Waals surface area contributed by atoms with E-state index in [0.29, 0.717) is 6.54 Å². The highest BCUT2D eigenvalue weighted by Gasteiger charge is 2.23. The van der Waals surface area contributed by atoms with Crippen molar-refractivity contribution in [1.82, 2.24) is 20.4 Å². The van der Waals surface area contributed by atoms with Gasteiger partial charge in [0.05, 0.1) is 6.54 Å². The van der Waals surface area contributed by atoms with Crippen molar-refractivity contribution in [2.45, 2.75) is 38.4 Å². The molecule has 134 valence electrons. The number of benzene rings is 1. The van der Waals surface area contributed by atoms with Gasteiger partial charge in [-0.2, -0.15) is 5.10 Å². The molecule has 0 bridgehead atoms. The number of carbonyl (C=O) groups excluding carboxylic acids is 1. The van der Waals surface area contributed by atoms with Crippen molar-refractivity contribution in [1.29, 1.82) is 0 Å². The number of halogens is 1. The maximum atomic E-state index is 12.5. The molecule has 2 N–H and O–H groups in total. The molecule has 1 aromatic heterocycles. The van der Waals surface area contributed by atoms with Crippen molar-refractivity contribution >= 4 is 18.3 Å². The van der Waals surface area contributed by atoms with E-state index < -0.39 is 0 Å². The molecule has 0 aliphatic carbocycles. The number of rotatable bonds is 4. The van der Waals surface area contributed by atoms with Crippen LogP contribution in [0.15, 0.2) is 47.3 Å². The SMILES string of the molecule is CC1NCCCC1NC(=O)c1ccc(=O)n(Cc2ccccc2)n1.Cl. The average molecular weight is 363 g/mol. The van der Waals surface area contributed by atoms with Gasteiger partial charge in [-0.05, 0) is 37.9 Å². The van der Waals surface area contributed by atoms with Crippen LogP contribution in [0.1, 0.15) is 35.8 Å². The molecule has 0 spiro atoms. The molecule has 25 heavy (non-hydrogen) atoms. The first-order chi connectivity index (χ1) is 11.6. The van der Waals surface area contributed by atoms with Gasteiger partial charge in [0.25, 0.3) is 11.5 Å². The Labute approximate surface area is 153 Å². The van der Waals surface area contributed by atoms with E-state index in [1.54, 1.807) is 0 Å². The number of hydrogen-bond donors (Lipinski definition) is 2. The monoisotopic (exact) mass is 362 g/mol. The lowest BCUT2D eigenvalue weighted by Crippen LogP contribution is -2.52. The summed E-state index contributed by atoms with van der Waals surface area (Å²) in [5, 5.41) is 10.6. The zero-order valence-electron chi connectivity index (χ0n) is 14.1. The molecule has 1 fully saturated rings. The van der Waals surface area contributed by atoms with Crippen molar-refractivity contribution < 1.29 is 4.79 Å². The molecule has 2 atom stereocenters. The van der Waals surface area contributed by atoms with E-state index in [1.807, 2.05) is 30.3 Å². The molecule has 2 unspecified atom stereocenters. The normalized spacial score (nSPS) is 19.7. The van der Waals surface area contributed by atoms with Gasteiger partial charge in [0.15, 0.2) is 0 Å². The summed E-state index contributed by atoms with van der Waals surface area (Å²) in [7, 11) is 0. The molecule has 7 heteroatoms. The largest absolute Gasteiger partial charge is 0.346 e. The fraction of sp³-hybridized carbons (Fsp3) is 0.389. The van der Waals surface area contributed by atoms with Crippen LogP contribution in [0.2, 0.25) is 0 Å². The van der Waals surface area contributed by atoms with Gasteiger partial charge in [0, 0.05) is 18.2 Å². The van der Waals surface area contributed by atoms with E-state index >= 15 is 0 Å². The van der Waals surface area contributed by atoms with Crippen LogP contribution < -0.4 is 16.2 Å². The second-order valence-electron chi connectivity index (χ2n) is 6.17. The number of nitrogens with one attached hydrogen (secondary N) is 2. The lowest BCUT2D eigenvalue weighted by atomic mass is 10.00. The van der Waals surface area contributed by atoms with Crippen molar-refractivity contribution in [3.8, 4) is 0 Å². The Kier molecular flexibility index (Phi) is 6.73. The Balaban J connectivity index is 0.00000225. The van der Waals surface area contributed by atoms with Crippen LogP contribution >= 0.6 is 12.4 Å². The summed E-state index contributed by atoms with van der Waals surface area (Å²) in [6, 6.07) is 12.8. The zero-order chi connectivity index (χ0) is 16.9. The van der Waals surface area contributed by atoms with Crippen molar-refractivity contribution in [3.63, 3.8) is 0 Å². The minimum Gasteiger partial charge on any atom is -0.346 e. The molecule has 1 amide bonds. The van der Waals surface area contributed by atoms with Gasteiger partial charge in [0.1, 0.15) is 5.69 Å². The fourth-order valence-electron chi connectivity index (χ4n) is 2.92. The number of amides is 1. The smallest absolute Gasteiger partial charge is 0.271 e. The molecule has 2 aromatic rings. The first kappa shape index (κ1) is 19.1. The van der Waals surface area contributed by atoms with E-state index in [-0.39, 0.29) is 41.7 Å². The summed E-state index contributed by atoms with van der Waals surface area (Å²) in [5.74, 6) is -0.239. The molecule has 1 saturated heterocycles. The molecule has 6 nitrogen and oxygen atoms in total. The predicted octanol–water partition coefficient (Wildman–Crippen LogP) is 1.58. The van der Waals surface area contributed by atoms with Gasteiger partial charge in [-0.25, -0.2) is 4.68 Å². The van der Waals surface area contributed by atoms with Crippen LogP contribution in [0.4, 0.5) is 0 Å². The quantitative estimate of drug-likeness (QED) is 0.866. The summed E-state index contributed by atoms with van der Waals surface area (Å²) >= 11 is 0. The Morgan fingerprint density at radius 3 is 2.76 bits per heavy atom. The standard InChI is InChI=1S/C18H22N4O2.ClH/c1-13-15(8-5-11-19-13)20-18(24)16-9-10-17(23)22(21-16)12-14-6-3-2-4-7-14;/h2-4,6-7,9-10,13,15,19H,5,8,11-12H2,1H3,(H,20,24);1H. The highest BCUT2D eigenvalue weighted by atomic mass is 35.5. The molecule has 0 saturated carbocycles. The van der Waals surface area contributed by atoms with Crippen molar-refractivity contribution in [3.05, 3.63) is 64.1 Å². The van der Waals surface area contributed by atoms with Gasteiger partial charge in [0.2, 0.25) is 0 Å². The van der Waals surface area contributed by atoms with Gasteiger partial charge in [-0.3, -0.25) is 9.59 Å². The molecule has 1 aromatic carbocycles. The van der Waals surface area contributed by atoms with Crippen LogP contribution in [-0.4, -0.2) is 34.3 Å². The Morgan fingerprint density at radius 2 is 2.04 bits per heavy atom. The highest BCUT2D eigenvalue weighted by molar-refractivity contribution is 5.92. The predicted molar refractivity (Wildman–Crippen MR) is 99.2 cm³/mol. The maximum Gasteiger partial charge on any atom is 0.271 e. The lowest BCUT2D eigenvalue weighted by Gasteiger charge is -2.30. The van der Waals surface area contributed by atoms with E-state index in [2.05, 4.69) is 22.7 Å². The first-order valence-corrected chi connectivity index (χ1v) is 8.30. The first-order valence-electron chi connectivity index (χ1n) is 8.30. The van der Waals surface area contributed by atoms with Crippen molar-refractivity contribution in [2.24, 2.45) is 0 Å². The molecule has 1 aliphatic heterocycles. The summed E-state index contributed by atoms with van der Waals surface area (Å²) < 4.78 is 1.33. The second-order valence-corrected chi connectivity index (χ2v) is 6.17. The molecule has 3 rings (SSSR count). The molecule has 2 heterocycles. The number of carbonyl (C=O) groups is 1. The third kappa shape index (κ3) is 4.90. The minimum absolute atomic E-state index is 0. The summed E-state index contributed by atoms with van der Waals surface area (Å²) in [5.41, 5.74) is 1.01. The van der Waals surface area contributed by atoms with Crippen LogP contribution in [0.5, 0.6) is 0 Å². The molecule has 1 aliphatic rings. The topological polar surface area (TPSA) is 76.0 Å². The van der Waals surface area contributed by atoms with E-state index in [4.69, 9.17) is 0 Å². The second kappa shape index (κ2) is 8.78. The summed E-state index contributed by atoms with van der Waals surface area (Å²) in [6.07, 6.45) is 1.99. The maximum absolute atomic E-state index is 12.5. The lowest BCUT2D eigenvalue weighted by molar-refractivity contribution is 0.0912. The molecular weight excluding hydrogens is 340 g/mol. The number of piperidine rings is 1. The van der Waals surface area contributed by atoms with E-state index in [9.17, 15) is 9.59 Å². The van der Waals surface area contributed by atoms with E-state index in [0.717, 1.165) is 24.9 Å². The van der Waals surface area contributed by atoms with Crippen LogP contribution in [0.3, 0.4) is 0 Å². The summed E-state index contributed by atoms with van der Waals surface area (Å²) in [6.45, 7) is 3.39. The van der Waals surface area contributed by atoms with E-state index in [1.165, 1.54) is 16.8 Å². The highest BCUT2D eigenvalue weighted by Crippen LogP contribution is 2.09. The third-order valence-corrected chi connectivity index (χ3v) is 4.35. The average Bonchev–Trinajstić information content (AvgIpc) is 2.60. The van der Waals surface area contributed by atoms with Crippen LogP contribution in [0, 0.1) is 0 Å². The van der Waals surface area contributed by atoms with Gasteiger partial charge < -0.3 is 10.6 Å². The number of nitrogens with zero attached hydrogens (tertiary/aromatic N) is 2. The summed E-state index contributed by atoms with van der Waals surface area (Å²) in [4.78, 5) is 24.5. The Morgan fingerprint density at radius 1 is 1.28 bits per heavy atom. The molecule has 0 radical (unpaired) electrons. The number of hydrogen-bond acceptors (Lipinski definition) is 4. The fourth-order valence-corrected chi connectivity index (χ4v) is 2.92. The van der Waals surface area contributed by atoms with Crippen molar-refractivity contribution in [2.75, 3.05) is 6.54 Å². The minimum atomic E-state index is -0.239. The van der Waals surface area contributed by atoms with Gasteiger partial charge in [-0.1, -0.05) is 30.3 Å².